The fourth-order valence-corrected chi connectivity index (χ4v) is 2.90. The Balaban J connectivity index is 1.63. The molecule has 0 radical (unpaired) electrons. The zero-order valence-corrected chi connectivity index (χ0v) is 14.4. The first kappa shape index (κ1) is 17.4. The summed E-state index contributed by atoms with van der Waals surface area (Å²) in [6.07, 6.45) is 2.50. The topological polar surface area (TPSA) is 58.3 Å². The lowest BCUT2D eigenvalue weighted by molar-refractivity contribution is 0.271. The zero-order valence-electron chi connectivity index (χ0n) is 14.4. The van der Waals surface area contributed by atoms with E-state index in [0.29, 0.717) is 5.89 Å². The average molecular weight is 336 g/mol. The van der Waals surface area contributed by atoms with E-state index in [2.05, 4.69) is 22.4 Å². The molecule has 25 heavy (non-hydrogen) atoms. The largest absolute Gasteiger partial charge is 0.439 e. The molecule has 0 bridgehead atoms. The SMILES string of the molecule is C[C@H](NC[C@H](CCO)c1ccccc1)c1ncc(-c2ccccc2)o1. The fourth-order valence-electron chi connectivity index (χ4n) is 2.90. The second kappa shape index (κ2) is 8.60. The Morgan fingerprint density at radius 2 is 1.72 bits per heavy atom. The minimum Gasteiger partial charge on any atom is -0.439 e. The van der Waals surface area contributed by atoms with Crippen LogP contribution in [0, 0.1) is 0 Å². The maximum Gasteiger partial charge on any atom is 0.211 e. The first-order valence-corrected chi connectivity index (χ1v) is 8.68. The lowest BCUT2D eigenvalue weighted by atomic mass is 9.96. The molecule has 130 valence electrons. The van der Waals surface area contributed by atoms with Crippen LogP contribution in [0.5, 0.6) is 0 Å². The molecule has 0 saturated heterocycles. The van der Waals surface area contributed by atoms with Gasteiger partial charge in [0.05, 0.1) is 12.2 Å². The lowest BCUT2D eigenvalue weighted by Gasteiger charge is -2.19. The molecule has 0 spiro atoms. The highest BCUT2D eigenvalue weighted by atomic mass is 16.4. The number of hydrogen-bond donors (Lipinski definition) is 2. The van der Waals surface area contributed by atoms with Crippen molar-refractivity contribution in [3.05, 3.63) is 78.3 Å². The highest BCUT2D eigenvalue weighted by Gasteiger charge is 2.16. The third-order valence-electron chi connectivity index (χ3n) is 4.37. The van der Waals surface area contributed by atoms with E-state index in [1.54, 1.807) is 6.20 Å². The second-order valence-corrected chi connectivity index (χ2v) is 6.18. The molecule has 0 unspecified atom stereocenters. The van der Waals surface area contributed by atoms with E-state index in [9.17, 15) is 5.11 Å². The summed E-state index contributed by atoms with van der Waals surface area (Å²) in [5, 5.41) is 12.8. The van der Waals surface area contributed by atoms with Crippen molar-refractivity contribution >= 4 is 0 Å². The molecule has 0 amide bonds. The number of nitrogens with one attached hydrogen (secondary N) is 1. The molecule has 2 N–H and O–H groups in total. The molecule has 2 aromatic carbocycles. The standard InChI is InChI=1S/C21H24N2O2/c1-16(21-23-15-20(25-21)18-10-6-3-7-11-18)22-14-19(12-13-24)17-8-4-2-5-9-17/h2-11,15-16,19,22,24H,12-14H2,1H3/t16-,19-/m0/s1. The third-order valence-corrected chi connectivity index (χ3v) is 4.37. The van der Waals surface area contributed by atoms with Gasteiger partial charge in [0.2, 0.25) is 5.89 Å². The molecule has 0 fully saturated rings. The van der Waals surface area contributed by atoms with Gasteiger partial charge in [0, 0.05) is 18.7 Å². The molecule has 3 aromatic rings. The van der Waals surface area contributed by atoms with Gasteiger partial charge < -0.3 is 14.8 Å². The molecular weight excluding hydrogens is 312 g/mol. The Labute approximate surface area is 148 Å². The Morgan fingerprint density at radius 3 is 2.40 bits per heavy atom. The van der Waals surface area contributed by atoms with E-state index >= 15 is 0 Å². The lowest BCUT2D eigenvalue weighted by Crippen LogP contribution is -2.25. The van der Waals surface area contributed by atoms with Gasteiger partial charge in [0.25, 0.3) is 0 Å². The highest BCUT2D eigenvalue weighted by Crippen LogP contribution is 2.24. The second-order valence-electron chi connectivity index (χ2n) is 6.18. The van der Waals surface area contributed by atoms with Crippen LogP contribution in [-0.4, -0.2) is 23.2 Å². The molecule has 0 aliphatic rings. The van der Waals surface area contributed by atoms with Gasteiger partial charge in [0.15, 0.2) is 5.76 Å². The van der Waals surface area contributed by atoms with Crippen LogP contribution < -0.4 is 5.32 Å². The number of aliphatic hydroxyl groups excluding tert-OH is 1. The predicted molar refractivity (Wildman–Crippen MR) is 99.2 cm³/mol. The molecule has 1 aromatic heterocycles. The summed E-state index contributed by atoms with van der Waals surface area (Å²) in [7, 11) is 0. The fraction of sp³-hybridized carbons (Fsp3) is 0.286. The molecule has 2 atom stereocenters. The summed E-state index contributed by atoms with van der Waals surface area (Å²) in [4.78, 5) is 4.41. The normalized spacial score (nSPS) is 13.5. The van der Waals surface area contributed by atoms with E-state index in [4.69, 9.17) is 4.42 Å². The van der Waals surface area contributed by atoms with Crippen molar-refractivity contribution in [2.75, 3.05) is 13.2 Å². The van der Waals surface area contributed by atoms with E-state index in [0.717, 1.165) is 24.3 Å². The molecule has 0 aliphatic carbocycles. The first-order chi connectivity index (χ1) is 12.3. The van der Waals surface area contributed by atoms with Crippen molar-refractivity contribution in [2.24, 2.45) is 0 Å². The van der Waals surface area contributed by atoms with Crippen molar-refractivity contribution in [1.29, 1.82) is 0 Å². The Hall–Kier alpha value is -2.43. The summed E-state index contributed by atoms with van der Waals surface area (Å²) in [5.74, 6) is 1.71. The van der Waals surface area contributed by atoms with Crippen LogP contribution in [0.2, 0.25) is 0 Å². The summed E-state index contributed by atoms with van der Waals surface area (Å²) >= 11 is 0. The van der Waals surface area contributed by atoms with Crippen LogP contribution in [0.15, 0.2) is 71.3 Å². The van der Waals surface area contributed by atoms with E-state index in [-0.39, 0.29) is 18.6 Å². The number of aromatic nitrogens is 1. The molecular formula is C21H24N2O2. The summed E-state index contributed by atoms with van der Waals surface area (Å²) in [6, 6.07) is 20.2. The number of nitrogens with zero attached hydrogens (tertiary/aromatic N) is 1. The Morgan fingerprint density at radius 1 is 1.04 bits per heavy atom. The molecule has 1 heterocycles. The molecule has 4 heteroatoms. The van der Waals surface area contributed by atoms with Crippen LogP contribution in [0.1, 0.15) is 36.8 Å². The molecule has 3 rings (SSSR count). The van der Waals surface area contributed by atoms with Gasteiger partial charge in [-0.15, -0.1) is 0 Å². The van der Waals surface area contributed by atoms with Gasteiger partial charge >= 0.3 is 0 Å². The quantitative estimate of drug-likeness (QED) is 0.648. The van der Waals surface area contributed by atoms with E-state index in [1.807, 2.05) is 55.5 Å². The number of hydrogen-bond acceptors (Lipinski definition) is 4. The Bertz CT molecular complexity index is 756. The maximum absolute atomic E-state index is 9.35. The molecule has 4 nitrogen and oxygen atoms in total. The number of rotatable bonds is 8. The smallest absolute Gasteiger partial charge is 0.211 e. The van der Waals surface area contributed by atoms with Gasteiger partial charge in [-0.1, -0.05) is 60.7 Å². The zero-order chi connectivity index (χ0) is 17.5. The van der Waals surface area contributed by atoms with Gasteiger partial charge in [-0.25, -0.2) is 4.98 Å². The first-order valence-electron chi connectivity index (χ1n) is 8.68. The summed E-state index contributed by atoms with van der Waals surface area (Å²) < 4.78 is 5.91. The number of aliphatic hydroxyl groups is 1. The summed E-state index contributed by atoms with van der Waals surface area (Å²) in [6.45, 7) is 2.98. The third kappa shape index (κ3) is 4.56. The minimum atomic E-state index is 0.00219. The van der Waals surface area contributed by atoms with Crippen LogP contribution in [0.3, 0.4) is 0 Å². The molecule has 0 saturated carbocycles. The minimum absolute atomic E-state index is 0.00219. The van der Waals surface area contributed by atoms with Gasteiger partial charge in [-0.2, -0.15) is 0 Å². The summed E-state index contributed by atoms with van der Waals surface area (Å²) in [5.41, 5.74) is 2.25. The van der Waals surface area contributed by atoms with Crippen molar-refractivity contribution < 1.29 is 9.52 Å². The monoisotopic (exact) mass is 336 g/mol. The van der Waals surface area contributed by atoms with E-state index < -0.39 is 0 Å². The van der Waals surface area contributed by atoms with E-state index in [1.165, 1.54) is 5.56 Å². The highest BCUT2D eigenvalue weighted by molar-refractivity contribution is 5.55. The maximum atomic E-state index is 9.35. The van der Waals surface area contributed by atoms with Crippen molar-refractivity contribution in [3.63, 3.8) is 0 Å². The van der Waals surface area contributed by atoms with Crippen LogP contribution >= 0.6 is 0 Å². The Kier molecular flexibility index (Phi) is 5.99. The van der Waals surface area contributed by atoms with Crippen molar-refractivity contribution in [1.82, 2.24) is 10.3 Å². The van der Waals surface area contributed by atoms with Gasteiger partial charge in [-0.3, -0.25) is 0 Å². The molecule has 0 aliphatic heterocycles. The number of oxazole rings is 1. The van der Waals surface area contributed by atoms with Crippen LogP contribution in [0.4, 0.5) is 0 Å². The van der Waals surface area contributed by atoms with Gasteiger partial charge in [0.1, 0.15) is 0 Å². The van der Waals surface area contributed by atoms with Crippen LogP contribution in [0.25, 0.3) is 11.3 Å². The predicted octanol–water partition coefficient (Wildman–Crippen LogP) is 4.16. The number of benzene rings is 2. The van der Waals surface area contributed by atoms with Crippen molar-refractivity contribution in [2.45, 2.75) is 25.3 Å². The van der Waals surface area contributed by atoms with Gasteiger partial charge in [-0.05, 0) is 24.8 Å². The van der Waals surface area contributed by atoms with Crippen molar-refractivity contribution in [3.8, 4) is 11.3 Å². The van der Waals surface area contributed by atoms with Crippen LogP contribution in [-0.2, 0) is 0 Å². The average Bonchev–Trinajstić information content (AvgIpc) is 3.16.